The molecule has 2 aromatic heterocycles. The summed E-state index contributed by atoms with van der Waals surface area (Å²) in [6.45, 7) is 1.99. The molecular formula is C19H21N5O2S. The molecule has 3 aromatic rings. The van der Waals surface area contributed by atoms with Crippen LogP contribution in [-0.4, -0.2) is 36.5 Å². The molecule has 7 nitrogen and oxygen atoms in total. The lowest BCUT2D eigenvalue weighted by Gasteiger charge is -2.26. The van der Waals surface area contributed by atoms with Gasteiger partial charge in [0.25, 0.3) is 0 Å². The Morgan fingerprint density at radius 1 is 0.963 bits per heavy atom. The van der Waals surface area contributed by atoms with Gasteiger partial charge in [-0.3, -0.25) is 4.98 Å². The minimum atomic E-state index is -3.71. The Labute approximate surface area is 158 Å². The maximum absolute atomic E-state index is 12.8. The Morgan fingerprint density at radius 2 is 1.78 bits per heavy atom. The van der Waals surface area contributed by atoms with Crippen molar-refractivity contribution in [3.05, 3.63) is 54.5 Å². The van der Waals surface area contributed by atoms with Gasteiger partial charge in [0, 0.05) is 30.9 Å². The van der Waals surface area contributed by atoms with Crippen LogP contribution in [0.4, 0.5) is 5.95 Å². The third kappa shape index (κ3) is 3.91. The summed E-state index contributed by atoms with van der Waals surface area (Å²) in [7, 11) is -3.71. The summed E-state index contributed by atoms with van der Waals surface area (Å²) in [5, 5.41) is 0.787. The number of benzene rings is 1. The standard InChI is InChI=1S/C19H21N5O2S/c25-27(26,17-8-4-6-15-7-5-10-20-18(15)17)22-14-16-9-11-21-19(23-16)24-12-2-1-3-13-24/h4-11,22H,1-3,12-14H2. The second-order valence-corrected chi connectivity index (χ2v) is 8.29. The number of aromatic nitrogens is 3. The Balaban J connectivity index is 1.54. The number of nitrogens with zero attached hydrogens (tertiary/aromatic N) is 4. The van der Waals surface area contributed by atoms with Crippen molar-refractivity contribution in [3.63, 3.8) is 0 Å². The maximum Gasteiger partial charge on any atom is 0.243 e. The summed E-state index contributed by atoms with van der Waals surface area (Å²) in [4.78, 5) is 15.4. The van der Waals surface area contributed by atoms with E-state index in [1.807, 2.05) is 12.1 Å². The van der Waals surface area contributed by atoms with E-state index in [9.17, 15) is 8.42 Å². The van der Waals surface area contributed by atoms with Crippen LogP contribution in [0.1, 0.15) is 25.0 Å². The van der Waals surface area contributed by atoms with Crippen LogP contribution in [0.3, 0.4) is 0 Å². The molecule has 140 valence electrons. The molecule has 1 saturated heterocycles. The summed E-state index contributed by atoms with van der Waals surface area (Å²) in [6.07, 6.45) is 6.77. The van der Waals surface area contributed by atoms with E-state index in [1.54, 1.807) is 36.7 Å². The number of pyridine rings is 1. The lowest BCUT2D eigenvalue weighted by molar-refractivity contribution is 0.566. The van der Waals surface area contributed by atoms with Gasteiger partial charge in [0.1, 0.15) is 4.90 Å². The second kappa shape index (κ2) is 7.58. The van der Waals surface area contributed by atoms with Crippen LogP contribution in [0.25, 0.3) is 10.9 Å². The van der Waals surface area contributed by atoms with Crippen molar-refractivity contribution in [1.82, 2.24) is 19.7 Å². The summed E-state index contributed by atoms with van der Waals surface area (Å²) in [6, 6.07) is 10.5. The highest BCUT2D eigenvalue weighted by Crippen LogP contribution is 2.21. The molecule has 0 saturated carbocycles. The van der Waals surface area contributed by atoms with Crippen LogP contribution >= 0.6 is 0 Å². The number of hydrogen-bond donors (Lipinski definition) is 1. The molecule has 0 bridgehead atoms. The second-order valence-electron chi connectivity index (χ2n) is 6.55. The van der Waals surface area contributed by atoms with Gasteiger partial charge in [0.2, 0.25) is 16.0 Å². The lowest BCUT2D eigenvalue weighted by Crippen LogP contribution is -2.31. The average molecular weight is 383 g/mol. The first-order valence-electron chi connectivity index (χ1n) is 9.04. The van der Waals surface area contributed by atoms with Crippen LogP contribution < -0.4 is 9.62 Å². The largest absolute Gasteiger partial charge is 0.341 e. The van der Waals surface area contributed by atoms with Gasteiger partial charge in [-0.15, -0.1) is 0 Å². The van der Waals surface area contributed by atoms with Crippen LogP contribution in [0.15, 0.2) is 53.7 Å². The molecule has 0 aliphatic carbocycles. The fraction of sp³-hybridized carbons (Fsp3) is 0.316. The predicted octanol–water partition coefficient (Wildman–Crippen LogP) is 2.49. The summed E-state index contributed by atoms with van der Waals surface area (Å²) < 4.78 is 28.2. The van der Waals surface area contributed by atoms with Gasteiger partial charge in [-0.1, -0.05) is 18.2 Å². The van der Waals surface area contributed by atoms with Crippen molar-refractivity contribution in [2.45, 2.75) is 30.7 Å². The quantitative estimate of drug-likeness (QED) is 0.728. The van der Waals surface area contributed by atoms with E-state index < -0.39 is 10.0 Å². The molecule has 0 spiro atoms. The fourth-order valence-electron chi connectivity index (χ4n) is 3.27. The molecule has 4 rings (SSSR count). The van der Waals surface area contributed by atoms with Crippen LogP contribution in [0.2, 0.25) is 0 Å². The molecule has 0 amide bonds. The van der Waals surface area contributed by atoms with Gasteiger partial charge >= 0.3 is 0 Å². The van der Waals surface area contributed by atoms with Crippen molar-refractivity contribution >= 4 is 26.9 Å². The van der Waals surface area contributed by atoms with Crippen LogP contribution in [0, 0.1) is 0 Å². The molecule has 0 unspecified atom stereocenters. The topological polar surface area (TPSA) is 88.1 Å². The van der Waals surface area contributed by atoms with Gasteiger partial charge in [-0.2, -0.15) is 0 Å². The SMILES string of the molecule is O=S(=O)(NCc1ccnc(N2CCCCC2)n1)c1cccc2cccnc12. The molecule has 1 aliphatic heterocycles. The van der Waals surface area contributed by atoms with Crippen molar-refractivity contribution in [2.75, 3.05) is 18.0 Å². The zero-order valence-electron chi connectivity index (χ0n) is 14.9. The third-order valence-corrected chi connectivity index (χ3v) is 6.10. The van der Waals surface area contributed by atoms with E-state index in [4.69, 9.17) is 0 Å². The van der Waals surface area contributed by atoms with Crippen molar-refractivity contribution in [3.8, 4) is 0 Å². The van der Waals surface area contributed by atoms with E-state index in [2.05, 4.69) is 24.6 Å². The number of fused-ring (bicyclic) bond motifs is 1. The maximum atomic E-state index is 12.8. The highest BCUT2D eigenvalue weighted by Gasteiger charge is 2.19. The van der Waals surface area contributed by atoms with Gasteiger partial charge in [0.15, 0.2) is 0 Å². The molecule has 1 fully saturated rings. The summed E-state index contributed by atoms with van der Waals surface area (Å²) >= 11 is 0. The Morgan fingerprint density at radius 3 is 2.63 bits per heavy atom. The molecule has 1 aromatic carbocycles. The molecule has 1 N–H and O–H groups in total. The van der Waals surface area contributed by atoms with E-state index in [1.165, 1.54) is 6.42 Å². The van der Waals surface area contributed by atoms with Gasteiger partial charge < -0.3 is 4.90 Å². The number of piperidine rings is 1. The number of hydrogen-bond acceptors (Lipinski definition) is 6. The smallest absolute Gasteiger partial charge is 0.243 e. The molecule has 0 atom stereocenters. The van der Waals surface area contributed by atoms with Gasteiger partial charge in [-0.05, 0) is 37.5 Å². The number of rotatable bonds is 5. The first-order valence-corrected chi connectivity index (χ1v) is 10.5. The Hall–Kier alpha value is -2.58. The fourth-order valence-corrected chi connectivity index (χ4v) is 4.45. The number of anilines is 1. The Kier molecular flexibility index (Phi) is 5.00. The highest BCUT2D eigenvalue weighted by atomic mass is 32.2. The van der Waals surface area contributed by atoms with Crippen LogP contribution in [0.5, 0.6) is 0 Å². The molecule has 8 heteroatoms. The van der Waals surface area contributed by atoms with Crippen molar-refractivity contribution in [2.24, 2.45) is 0 Å². The molecule has 3 heterocycles. The van der Waals surface area contributed by atoms with E-state index in [0.717, 1.165) is 31.3 Å². The van der Waals surface area contributed by atoms with E-state index >= 15 is 0 Å². The number of para-hydroxylation sites is 1. The third-order valence-electron chi connectivity index (χ3n) is 4.67. The average Bonchev–Trinajstić information content (AvgIpc) is 2.73. The van der Waals surface area contributed by atoms with Crippen LogP contribution in [-0.2, 0) is 16.6 Å². The van der Waals surface area contributed by atoms with Crippen molar-refractivity contribution in [1.29, 1.82) is 0 Å². The highest BCUT2D eigenvalue weighted by molar-refractivity contribution is 7.89. The number of nitrogens with one attached hydrogen (secondary N) is 1. The molecule has 1 aliphatic rings. The molecule has 27 heavy (non-hydrogen) atoms. The Bertz CT molecular complexity index is 1040. The normalized spacial score (nSPS) is 15.2. The summed E-state index contributed by atoms with van der Waals surface area (Å²) in [5.41, 5.74) is 1.10. The first kappa shape index (κ1) is 17.8. The molecule has 0 radical (unpaired) electrons. The summed E-state index contributed by atoms with van der Waals surface area (Å²) in [5.74, 6) is 0.665. The van der Waals surface area contributed by atoms with Crippen molar-refractivity contribution < 1.29 is 8.42 Å². The van der Waals surface area contributed by atoms with Gasteiger partial charge in [0.05, 0.1) is 17.8 Å². The first-order chi connectivity index (χ1) is 13.1. The van der Waals surface area contributed by atoms with E-state index in [0.29, 0.717) is 17.2 Å². The molecular weight excluding hydrogens is 362 g/mol. The minimum Gasteiger partial charge on any atom is -0.341 e. The lowest BCUT2D eigenvalue weighted by atomic mass is 10.1. The zero-order valence-corrected chi connectivity index (χ0v) is 15.7. The zero-order chi connectivity index (χ0) is 18.7. The predicted molar refractivity (Wildman–Crippen MR) is 104 cm³/mol. The van der Waals surface area contributed by atoms with Gasteiger partial charge in [-0.25, -0.2) is 23.1 Å². The van der Waals surface area contributed by atoms with E-state index in [-0.39, 0.29) is 11.4 Å². The monoisotopic (exact) mass is 383 g/mol. The minimum absolute atomic E-state index is 0.106. The number of sulfonamides is 1.